The van der Waals surface area contributed by atoms with Crippen LogP contribution in [0.4, 0.5) is 0 Å². The Morgan fingerprint density at radius 3 is 2.67 bits per heavy atom. The summed E-state index contributed by atoms with van der Waals surface area (Å²) in [5, 5.41) is 18.4. The number of benzene rings is 1. The summed E-state index contributed by atoms with van der Waals surface area (Å²) in [5.41, 5.74) is 6.64. The lowest BCUT2D eigenvalue weighted by Gasteiger charge is -2.20. The molecule has 0 aliphatic carbocycles. The minimum atomic E-state index is 0.122. The maximum atomic E-state index is 9.30. The fourth-order valence-corrected chi connectivity index (χ4v) is 1.71. The molecule has 84 valence electrons. The highest BCUT2D eigenvalue weighted by Gasteiger charge is 2.15. The number of aliphatic hydroxyl groups is 1. The first-order chi connectivity index (χ1) is 7.17. The first-order valence-corrected chi connectivity index (χ1v) is 5.26. The second-order valence-electron chi connectivity index (χ2n) is 4.03. The van der Waals surface area contributed by atoms with E-state index in [0.29, 0.717) is 12.5 Å². The SMILES string of the molecule is CC(Cc1cccc(O)c1)C(CN)CO. The van der Waals surface area contributed by atoms with Crippen molar-refractivity contribution in [1.82, 2.24) is 0 Å². The molecule has 15 heavy (non-hydrogen) atoms. The summed E-state index contributed by atoms with van der Waals surface area (Å²) in [4.78, 5) is 0. The maximum Gasteiger partial charge on any atom is 0.115 e. The van der Waals surface area contributed by atoms with Gasteiger partial charge in [0.25, 0.3) is 0 Å². The average Bonchev–Trinajstić information content (AvgIpc) is 2.19. The molecule has 0 spiro atoms. The van der Waals surface area contributed by atoms with Crippen molar-refractivity contribution in [3.63, 3.8) is 0 Å². The van der Waals surface area contributed by atoms with Crippen LogP contribution in [-0.4, -0.2) is 23.4 Å². The van der Waals surface area contributed by atoms with E-state index in [1.165, 1.54) is 0 Å². The summed E-state index contributed by atoms with van der Waals surface area (Å²) in [7, 11) is 0. The molecule has 0 bridgehead atoms. The largest absolute Gasteiger partial charge is 0.508 e. The molecule has 0 heterocycles. The third-order valence-electron chi connectivity index (χ3n) is 2.81. The Labute approximate surface area is 90.5 Å². The van der Waals surface area contributed by atoms with Gasteiger partial charge >= 0.3 is 0 Å². The van der Waals surface area contributed by atoms with E-state index in [1.807, 2.05) is 12.1 Å². The van der Waals surface area contributed by atoms with Gasteiger partial charge < -0.3 is 15.9 Å². The van der Waals surface area contributed by atoms with E-state index in [9.17, 15) is 5.11 Å². The number of hydrogen-bond donors (Lipinski definition) is 3. The molecule has 0 aliphatic heterocycles. The van der Waals surface area contributed by atoms with Gasteiger partial charge in [0.2, 0.25) is 0 Å². The number of rotatable bonds is 5. The monoisotopic (exact) mass is 209 g/mol. The normalized spacial score (nSPS) is 14.9. The van der Waals surface area contributed by atoms with Crippen molar-refractivity contribution in [2.24, 2.45) is 17.6 Å². The minimum absolute atomic E-state index is 0.122. The van der Waals surface area contributed by atoms with Crippen LogP contribution in [-0.2, 0) is 6.42 Å². The van der Waals surface area contributed by atoms with Crippen molar-refractivity contribution in [2.75, 3.05) is 13.2 Å². The molecule has 1 rings (SSSR count). The van der Waals surface area contributed by atoms with Gasteiger partial charge in [0, 0.05) is 6.61 Å². The van der Waals surface area contributed by atoms with Crippen LogP contribution >= 0.6 is 0 Å². The lowest BCUT2D eigenvalue weighted by atomic mass is 9.89. The summed E-state index contributed by atoms with van der Waals surface area (Å²) in [6, 6.07) is 7.21. The highest BCUT2D eigenvalue weighted by atomic mass is 16.3. The lowest BCUT2D eigenvalue weighted by molar-refractivity contribution is 0.187. The molecular formula is C12H19NO2. The van der Waals surface area contributed by atoms with Gasteiger partial charge in [-0.25, -0.2) is 0 Å². The van der Waals surface area contributed by atoms with E-state index in [4.69, 9.17) is 10.8 Å². The molecule has 0 saturated carbocycles. The van der Waals surface area contributed by atoms with Crippen LogP contribution in [0.1, 0.15) is 12.5 Å². The molecule has 0 aliphatic rings. The van der Waals surface area contributed by atoms with Crippen molar-refractivity contribution in [3.05, 3.63) is 29.8 Å². The fraction of sp³-hybridized carbons (Fsp3) is 0.500. The number of phenols is 1. The van der Waals surface area contributed by atoms with Gasteiger partial charge in [-0.1, -0.05) is 19.1 Å². The summed E-state index contributed by atoms with van der Waals surface area (Å²) in [6.07, 6.45) is 0.830. The Kier molecular flexibility index (Phi) is 4.59. The van der Waals surface area contributed by atoms with E-state index in [-0.39, 0.29) is 18.3 Å². The van der Waals surface area contributed by atoms with Crippen molar-refractivity contribution in [2.45, 2.75) is 13.3 Å². The Morgan fingerprint density at radius 2 is 2.13 bits per heavy atom. The Balaban J connectivity index is 2.61. The van der Waals surface area contributed by atoms with E-state index >= 15 is 0 Å². The van der Waals surface area contributed by atoms with Crippen molar-refractivity contribution in [3.8, 4) is 5.75 Å². The number of aliphatic hydroxyl groups excluding tert-OH is 1. The molecule has 0 amide bonds. The molecule has 0 aromatic heterocycles. The first-order valence-electron chi connectivity index (χ1n) is 5.26. The van der Waals surface area contributed by atoms with Gasteiger partial charge in [-0.2, -0.15) is 0 Å². The third-order valence-corrected chi connectivity index (χ3v) is 2.81. The maximum absolute atomic E-state index is 9.30. The second-order valence-corrected chi connectivity index (χ2v) is 4.03. The lowest BCUT2D eigenvalue weighted by Crippen LogP contribution is -2.26. The van der Waals surface area contributed by atoms with Crippen molar-refractivity contribution < 1.29 is 10.2 Å². The zero-order chi connectivity index (χ0) is 11.3. The molecule has 4 N–H and O–H groups in total. The number of nitrogens with two attached hydrogens (primary N) is 1. The Morgan fingerprint density at radius 1 is 1.40 bits per heavy atom. The third kappa shape index (κ3) is 3.53. The quantitative estimate of drug-likeness (QED) is 0.681. The van der Waals surface area contributed by atoms with Gasteiger partial charge in [-0.05, 0) is 42.5 Å². The van der Waals surface area contributed by atoms with Gasteiger partial charge in [0.1, 0.15) is 5.75 Å². The van der Waals surface area contributed by atoms with Crippen molar-refractivity contribution in [1.29, 1.82) is 0 Å². The summed E-state index contributed by atoms with van der Waals surface area (Å²) < 4.78 is 0. The molecule has 2 unspecified atom stereocenters. The topological polar surface area (TPSA) is 66.5 Å². The summed E-state index contributed by atoms with van der Waals surface area (Å²) in [5.74, 6) is 0.738. The zero-order valence-corrected chi connectivity index (χ0v) is 9.06. The van der Waals surface area contributed by atoms with Crippen LogP contribution in [0.5, 0.6) is 5.75 Å². The molecule has 3 nitrogen and oxygen atoms in total. The molecule has 2 atom stereocenters. The average molecular weight is 209 g/mol. The Hall–Kier alpha value is -1.06. The summed E-state index contributed by atoms with van der Waals surface area (Å²) in [6.45, 7) is 2.69. The molecule has 3 heteroatoms. The van der Waals surface area contributed by atoms with Gasteiger partial charge in [0.15, 0.2) is 0 Å². The summed E-state index contributed by atoms with van der Waals surface area (Å²) >= 11 is 0. The predicted octanol–water partition coefficient (Wildman–Crippen LogP) is 1.14. The van der Waals surface area contributed by atoms with Gasteiger partial charge in [-0.15, -0.1) is 0 Å². The fourth-order valence-electron chi connectivity index (χ4n) is 1.71. The number of phenolic OH excluding ortho intramolecular Hbond substituents is 1. The van der Waals surface area contributed by atoms with Gasteiger partial charge in [-0.3, -0.25) is 0 Å². The van der Waals surface area contributed by atoms with Crippen LogP contribution in [0, 0.1) is 11.8 Å². The second kappa shape index (κ2) is 5.73. The number of aromatic hydroxyl groups is 1. The molecule has 1 aromatic carbocycles. The van der Waals surface area contributed by atoms with E-state index in [1.54, 1.807) is 12.1 Å². The standard InChI is InChI=1S/C12H19NO2/c1-9(11(7-13)8-14)5-10-3-2-4-12(15)6-10/h2-4,6,9,11,14-15H,5,7-8,13H2,1H3. The zero-order valence-electron chi connectivity index (χ0n) is 9.06. The van der Waals surface area contributed by atoms with Crippen molar-refractivity contribution >= 4 is 0 Å². The smallest absolute Gasteiger partial charge is 0.115 e. The molecule has 1 aromatic rings. The first kappa shape index (κ1) is 12.0. The molecule has 0 fully saturated rings. The highest BCUT2D eigenvalue weighted by molar-refractivity contribution is 5.27. The highest BCUT2D eigenvalue weighted by Crippen LogP contribution is 2.19. The Bertz CT molecular complexity index is 297. The van der Waals surface area contributed by atoms with E-state index in [0.717, 1.165) is 12.0 Å². The van der Waals surface area contributed by atoms with Crippen LogP contribution in [0.15, 0.2) is 24.3 Å². The molecule has 0 radical (unpaired) electrons. The van der Waals surface area contributed by atoms with Crippen LogP contribution in [0.2, 0.25) is 0 Å². The van der Waals surface area contributed by atoms with Crippen LogP contribution in [0.25, 0.3) is 0 Å². The number of hydrogen-bond acceptors (Lipinski definition) is 3. The van der Waals surface area contributed by atoms with Gasteiger partial charge in [0.05, 0.1) is 0 Å². The predicted molar refractivity (Wildman–Crippen MR) is 60.6 cm³/mol. The van der Waals surface area contributed by atoms with E-state index in [2.05, 4.69) is 6.92 Å². The molecular weight excluding hydrogens is 190 g/mol. The molecule has 0 saturated heterocycles. The van der Waals surface area contributed by atoms with Crippen LogP contribution in [0.3, 0.4) is 0 Å². The van der Waals surface area contributed by atoms with E-state index < -0.39 is 0 Å². The minimum Gasteiger partial charge on any atom is -0.508 e. The van der Waals surface area contributed by atoms with Crippen LogP contribution < -0.4 is 5.73 Å².